The number of unbranched alkanes of at least 4 members (excludes halogenated alkanes) is 10. The number of H-pyrrole nitrogens is 1. The molecule has 26 heavy (non-hydrogen) atoms. The third-order valence-corrected chi connectivity index (χ3v) is 6.32. The number of nitrogens with zero attached hydrogens (tertiary/aromatic N) is 1. The van der Waals surface area contributed by atoms with Crippen LogP contribution in [0.3, 0.4) is 0 Å². The molecule has 0 aliphatic heterocycles. The van der Waals surface area contributed by atoms with Crippen LogP contribution in [0.4, 0.5) is 0 Å². The highest BCUT2D eigenvalue weighted by molar-refractivity contribution is 8.23. The van der Waals surface area contributed by atoms with Crippen LogP contribution in [0.25, 0.3) is 0 Å². The van der Waals surface area contributed by atoms with Crippen LogP contribution in [-0.4, -0.2) is 19.7 Å². The number of aryl methyl sites for hydroxylation is 2. The van der Waals surface area contributed by atoms with Crippen LogP contribution >= 0.6 is 24.0 Å². The van der Waals surface area contributed by atoms with Gasteiger partial charge in [-0.3, -0.25) is 14.6 Å². The lowest BCUT2D eigenvalue weighted by Gasteiger charge is -2.03. The molecule has 150 valence electrons. The highest BCUT2D eigenvalue weighted by atomic mass is 32.2. The van der Waals surface area contributed by atoms with Gasteiger partial charge in [0.1, 0.15) is 0 Å². The van der Waals surface area contributed by atoms with Crippen molar-refractivity contribution in [2.24, 2.45) is 0 Å². The molecule has 0 saturated carbocycles. The molecule has 0 bridgehead atoms. The fraction of sp³-hybridized carbons (Fsp3) is 0.810. The van der Waals surface area contributed by atoms with Crippen molar-refractivity contribution >= 4 is 28.2 Å². The Morgan fingerprint density at radius 1 is 0.923 bits per heavy atom. The van der Waals surface area contributed by atoms with Gasteiger partial charge in [0.25, 0.3) is 5.56 Å². The second kappa shape index (κ2) is 14.5. The van der Waals surface area contributed by atoms with E-state index in [1.807, 2.05) is 6.92 Å². The van der Waals surface area contributed by atoms with E-state index in [4.69, 9.17) is 12.2 Å². The van der Waals surface area contributed by atoms with E-state index >= 15 is 0 Å². The maximum atomic E-state index is 12.6. The van der Waals surface area contributed by atoms with Crippen molar-refractivity contribution in [3.05, 3.63) is 21.6 Å². The molecular formula is C21H38N2OS2. The fourth-order valence-electron chi connectivity index (χ4n) is 3.17. The molecule has 1 rings (SSSR count). The first-order chi connectivity index (χ1) is 12.6. The van der Waals surface area contributed by atoms with Crippen LogP contribution in [0.1, 0.15) is 102 Å². The first-order valence-electron chi connectivity index (χ1n) is 10.6. The zero-order valence-corrected chi connectivity index (χ0v) is 18.7. The zero-order valence-electron chi connectivity index (χ0n) is 17.1. The molecule has 0 aromatic carbocycles. The summed E-state index contributed by atoms with van der Waals surface area (Å²) >= 11 is 7.21. The number of nitrogens with one attached hydrogen (secondary N) is 1. The number of hydrogen-bond acceptors (Lipinski definition) is 3. The molecule has 0 spiro atoms. The maximum Gasteiger partial charge on any atom is 0.276 e. The Bertz CT molecular complexity index is 563. The summed E-state index contributed by atoms with van der Waals surface area (Å²) in [6.07, 6.45) is 15.1. The van der Waals surface area contributed by atoms with Crippen LogP contribution in [0.2, 0.25) is 0 Å². The van der Waals surface area contributed by atoms with Crippen molar-refractivity contribution < 1.29 is 0 Å². The minimum absolute atomic E-state index is 0.0662. The van der Waals surface area contributed by atoms with Crippen molar-refractivity contribution in [3.63, 3.8) is 0 Å². The van der Waals surface area contributed by atoms with Crippen LogP contribution in [0.15, 0.2) is 4.79 Å². The monoisotopic (exact) mass is 398 g/mol. The van der Waals surface area contributed by atoms with Crippen LogP contribution in [0, 0.1) is 6.92 Å². The molecule has 0 amide bonds. The Morgan fingerprint density at radius 2 is 1.46 bits per heavy atom. The highest BCUT2D eigenvalue weighted by Gasteiger charge is 2.15. The molecule has 5 heteroatoms. The number of rotatable bonds is 15. The molecule has 0 unspecified atom stereocenters. The zero-order chi connectivity index (χ0) is 19.2. The van der Waals surface area contributed by atoms with Crippen molar-refractivity contribution in [1.29, 1.82) is 0 Å². The van der Waals surface area contributed by atoms with Crippen molar-refractivity contribution in [1.82, 2.24) is 9.78 Å². The summed E-state index contributed by atoms with van der Waals surface area (Å²) in [7, 11) is 0. The smallest absolute Gasteiger partial charge is 0.276 e. The van der Waals surface area contributed by atoms with E-state index < -0.39 is 0 Å². The van der Waals surface area contributed by atoms with Crippen LogP contribution in [-0.2, 0) is 6.54 Å². The number of aromatic nitrogens is 2. The topological polar surface area (TPSA) is 37.8 Å². The average molecular weight is 399 g/mol. The molecule has 0 aliphatic carbocycles. The van der Waals surface area contributed by atoms with Gasteiger partial charge in [0.15, 0.2) is 0 Å². The molecule has 1 N–H and O–H groups in total. The van der Waals surface area contributed by atoms with E-state index in [0.29, 0.717) is 0 Å². The van der Waals surface area contributed by atoms with Gasteiger partial charge in [-0.05, 0) is 25.5 Å². The minimum atomic E-state index is 0.0662. The summed E-state index contributed by atoms with van der Waals surface area (Å²) in [4.78, 5) is 12.6. The van der Waals surface area contributed by atoms with E-state index in [1.165, 1.54) is 70.6 Å². The lowest BCUT2D eigenvalue weighted by atomic mass is 10.1. The van der Waals surface area contributed by atoms with Gasteiger partial charge in [0, 0.05) is 12.2 Å². The third-order valence-electron chi connectivity index (χ3n) is 4.81. The van der Waals surface area contributed by atoms with Crippen molar-refractivity contribution in [2.45, 2.75) is 104 Å². The Balaban J connectivity index is 2.36. The maximum absolute atomic E-state index is 12.6. The molecule has 1 aromatic heterocycles. The van der Waals surface area contributed by atoms with Crippen LogP contribution in [0.5, 0.6) is 0 Å². The summed E-state index contributed by atoms with van der Waals surface area (Å²) in [6.45, 7) is 7.21. The molecule has 0 radical (unpaired) electrons. The SMILES string of the molecule is CCCCCCCCSC(=S)c1c(C)[nH]n(CCCCCCCC)c1=O. The van der Waals surface area contributed by atoms with Gasteiger partial charge in [0.2, 0.25) is 0 Å². The molecule has 1 heterocycles. The van der Waals surface area contributed by atoms with Gasteiger partial charge in [-0.2, -0.15) is 0 Å². The van der Waals surface area contributed by atoms with Crippen molar-refractivity contribution in [2.75, 3.05) is 5.75 Å². The van der Waals surface area contributed by atoms with Crippen molar-refractivity contribution in [3.8, 4) is 0 Å². The number of thiocarbonyl (C=S) groups is 1. The standard InChI is InChI=1S/C21H38N2OS2/c1-4-6-8-10-12-14-16-23-20(24)19(18(3)22-23)21(25)26-17-15-13-11-9-7-5-2/h22H,4-17H2,1-3H3. The Labute approximate surface area is 169 Å². The minimum Gasteiger partial charge on any atom is -0.299 e. The second-order valence-corrected chi connectivity index (χ2v) is 9.01. The molecule has 0 saturated heterocycles. The van der Waals surface area contributed by atoms with E-state index in [-0.39, 0.29) is 5.56 Å². The van der Waals surface area contributed by atoms with Gasteiger partial charge >= 0.3 is 0 Å². The van der Waals surface area contributed by atoms with E-state index in [2.05, 4.69) is 18.9 Å². The van der Waals surface area contributed by atoms with Gasteiger partial charge < -0.3 is 0 Å². The highest BCUT2D eigenvalue weighted by Crippen LogP contribution is 2.17. The third kappa shape index (κ3) is 8.90. The summed E-state index contributed by atoms with van der Waals surface area (Å²) in [5.41, 5.74) is 1.71. The largest absolute Gasteiger partial charge is 0.299 e. The van der Waals surface area contributed by atoms with Gasteiger partial charge in [-0.15, -0.1) is 11.8 Å². The van der Waals surface area contributed by atoms with Gasteiger partial charge in [-0.1, -0.05) is 90.3 Å². The Morgan fingerprint density at radius 3 is 2.08 bits per heavy atom. The summed E-state index contributed by atoms with van der Waals surface area (Å²) in [6, 6.07) is 0. The second-order valence-electron chi connectivity index (χ2n) is 7.24. The van der Waals surface area contributed by atoms with E-state index in [0.717, 1.165) is 34.2 Å². The van der Waals surface area contributed by atoms with Crippen LogP contribution < -0.4 is 5.56 Å². The first-order valence-corrected chi connectivity index (χ1v) is 12.0. The molecule has 1 aromatic rings. The fourth-order valence-corrected chi connectivity index (χ4v) is 4.58. The number of thioether (sulfide) groups is 1. The van der Waals surface area contributed by atoms with Gasteiger partial charge in [-0.25, -0.2) is 0 Å². The lowest BCUT2D eigenvalue weighted by molar-refractivity contribution is 0.516. The van der Waals surface area contributed by atoms with Gasteiger partial charge in [0.05, 0.1) is 9.76 Å². The normalized spacial score (nSPS) is 11.2. The molecule has 0 fully saturated rings. The first kappa shape index (κ1) is 23.5. The molecule has 3 nitrogen and oxygen atoms in total. The lowest BCUT2D eigenvalue weighted by Crippen LogP contribution is -2.20. The summed E-state index contributed by atoms with van der Waals surface area (Å²) in [5.74, 6) is 1.02. The van der Waals surface area contributed by atoms with E-state index in [1.54, 1.807) is 16.4 Å². The predicted molar refractivity (Wildman–Crippen MR) is 121 cm³/mol. The molecule has 0 atom stereocenters. The average Bonchev–Trinajstić information content (AvgIpc) is 2.90. The van der Waals surface area contributed by atoms with E-state index in [9.17, 15) is 4.79 Å². The summed E-state index contributed by atoms with van der Waals surface area (Å²) < 4.78 is 2.52. The molecule has 0 aliphatic rings. The Kier molecular flexibility index (Phi) is 13.1. The Hall–Kier alpha value is -0.550. The quantitative estimate of drug-likeness (QED) is 0.267. The number of aromatic amines is 1. The summed E-state index contributed by atoms with van der Waals surface area (Å²) in [5, 5.41) is 3.22. The molecular weight excluding hydrogens is 360 g/mol. The predicted octanol–water partition coefficient (Wildman–Crippen LogP) is 6.61. The number of hydrogen-bond donors (Lipinski definition) is 1.